The van der Waals surface area contributed by atoms with Gasteiger partial charge in [-0.1, -0.05) is 6.92 Å². The van der Waals surface area contributed by atoms with E-state index in [-0.39, 0.29) is 11.0 Å². The molecule has 1 aromatic heterocycles. The molecule has 0 atom stereocenters. The molecule has 0 N–H and O–H groups in total. The number of likely N-dealkylation sites (tertiary alicyclic amines) is 1. The van der Waals surface area contributed by atoms with Crippen LogP contribution in [0, 0.1) is 5.92 Å². The van der Waals surface area contributed by atoms with Crippen molar-refractivity contribution in [2.45, 2.75) is 25.9 Å². The predicted molar refractivity (Wildman–Crippen MR) is 91.6 cm³/mol. The number of rotatable bonds is 4. The van der Waals surface area contributed by atoms with Gasteiger partial charge in [0.15, 0.2) is 0 Å². The number of benzene rings is 1. The van der Waals surface area contributed by atoms with Gasteiger partial charge in [0, 0.05) is 6.07 Å². The molecular weight excluding hydrogens is 363 g/mol. The summed E-state index contributed by atoms with van der Waals surface area (Å²) in [5, 5.41) is 0. The number of alkyl halides is 3. The first-order valence-electron chi connectivity index (χ1n) is 8.69. The van der Waals surface area contributed by atoms with Crippen molar-refractivity contribution in [3.63, 3.8) is 0 Å². The van der Waals surface area contributed by atoms with Crippen LogP contribution in [0.15, 0.2) is 18.2 Å². The average Bonchev–Trinajstić information content (AvgIpc) is 2.66. The summed E-state index contributed by atoms with van der Waals surface area (Å²) in [6.45, 7) is 4.32. The summed E-state index contributed by atoms with van der Waals surface area (Å²) >= 11 is 0. The zero-order chi connectivity index (χ0) is 19.6. The second kappa shape index (κ2) is 7.67. The van der Waals surface area contributed by atoms with Crippen LogP contribution in [0.1, 0.15) is 25.5 Å². The van der Waals surface area contributed by atoms with Gasteiger partial charge in [-0.05, 0) is 44.6 Å². The highest BCUT2D eigenvalue weighted by atomic mass is 19.4. The Kier molecular flexibility index (Phi) is 5.50. The number of fused-ring (bicyclic) bond motifs is 1. The van der Waals surface area contributed by atoms with Crippen LogP contribution in [0.5, 0.6) is 11.6 Å². The van der Waals surface area contributed by atoms with E-state index in [1.165, 1.54) is 19.2 Å². The van der Waals surface area contributed by atoms with Gasteiger partial charge in [0.25, 0.3) is 5.88 Å². The number of carbonyl (C=O) groups is 1. The highest BCUT2D eigenvalue weighted by Gasteiger charge is 2.39. The van der Waals surface area contributed by atoms with E-state index in [2.05, 4.69) is 14.9 Å². The molecule has 6 nitrogen and oxygen atoms in total. The van der Waals surface area contributed by atoms with Crippen molar-refractivity contribution >= 4 is 17.0 Å². The third-order valence-corrected chi connectivity index (χ3v) is 4.67. The molecule has 1 aliphatic rings. The molecule has 9 heteroatoms. The van der Waals surface area contributed by atoms with Gasteiger partial charge < -0.3 is 14.4 Å². The van der Waals surface area contributed by atoms with E-state index in [9.17, 15) is 18.0 Å². The summed E-state index contributed by atoms with van der Waals surface area (Å²) < 4.78 is 50.3. The molecule has 0 aliphatic carbocycles. The maximum atomic E-state index is 13.4. The van der Waals surface area contributed by atoms with Crippen molar-refractivity contribution < 1.29 is 27.4 Å². The standard InChI is InChI=1S/C18H20F3N3O3/c1-3-24-8-6-11(7-9-24)17(25)27-16-15(18(19,20)21)22-14-10-12(26-2)4-5-13(14)23-16/h4-5,10-11H,3,6-9H2,1-2H3. The number of ether oxygens (including phenoxy) is 2. The Morgan fingerprint density at radius 2 is 1.93 bits per heavy atom. The molecule has 2 heterocycles. The number of aromatic nitrogens is 2. The third-order valence-electron chi connectivity index (χ3n) is 4.67. The van der Waals surface area contributed by atoms with Crippen LogP contribution in [0.2, 0.25) is 0 Å². The van der Waals surface area contributed by atoms with Crippen molar-refractivity contribution in [3.8, 4) is 11.6 Å². The molecule has 0 amide bonds. The molecule has 0 spiro atoms. The first-order chi connectivity index (χ1) is 12.8. The number of nitrogens with zero attached hydrogens (tertiary/aromatic N) is 3. The Bertz CT molecular complexity index is 834. The smallest absolute Gasteiger partial charge is 0.438 e. The van der Waals surface area contributed by atoms with E-state index >= 15 is 0 Å². The Labute approximate surface area is 154 Å². The van der Waals surface area contributed by atoms with Crippen LogP contribution >= 0.6 is 0 Å². The molecule has 1 aromatic carbocycles. The monoisotopic (exact) mass is 383 g/mol. The van der Waals surface area contributed by atoms with Gasteiger partial charge in [0.2, 0.25) is 5.69 Å². The highest BCUT2D eigenvalue weighted by molar-refractivity contribution is 5.79. The first kappa shape index (κ1) is 19.3. The quantitative estimate of drug-likeness (QED) is 0.755. The number of piperidine rings is 1. The summed E-state index contributed by atoms with van der Waals surface area (Å²) in [6.07, 6.45) is -3.70. The van der Waals surface area contributed by atoms with Gasteiger partial charge in [-0.15, -0.1) is 0 Å². The van der Waals surface area contributed by atoms with Gasteiger partial charge in [-0.3, -0.25) is 4.79 Å². The normalized spacial score (nSPS) is 16.5. The predicted octanol–water partition coefficient (Wildman–Crippen LogP) is 3.29. The molecule has 0 radical (unpaired) electrons. The van der Waals surface area contributed by atoms with Crippen molar-refractivity contribution in [3.05, 3.63) is 23.9 Å². The van der Waals surface area contributed by atoms with Gasteiger partial charge in [0.05, 0.1) is 24.1 Å². The first-order valence-corrected chi connectivity index (χ1v) is 8.69. The van der Waals surface area contributed by atoms with Crippen LogP contribution in [0.3, 0.4) is 0 Å². The second-order valence-corrected chi connectivity index (χ2v) is 6.36. The second-order valence-electron chi connectivity index (χ2n) is 6.36. The molecule has 1 aliphatic heterocycles. The fourth-order valence-corrected chi connectivity index (χ4v) is 3.06. The van der Waals surface area contributed by atoms with Crippen molar-refractivity contribution in [2.24, 2.45) is 5.92 Å². The molecule has 3 rings (SSSR count). The van der Waals surface area contributed by atoms with Crippen molar-refractivity contribution in [2.75, 3.05) is 26.7 Å². The fourth-order valence-electron chi connectivity index (χ4n) is 3.06. The summed E-state index contributed by atoms with van der Waals surface area (Å²) in [5.74, 6) is -1.58. The minimum atomic E-state index is -4.80. The van der Waals surface area contributed by atoms with Crippen LogP contribution < -0.4 is 9.47 Å². The van der Waals surface area contributed by atoms with E-state index in [1.807, 2.05) is 6.92 Å². The zero-order valence-corrected chi connectivity index (χ0v) is 15.0. The largest absolute Gasteiger partial charge is 0.497 e. The number of halogens is 3. The van der Waals surface area contributed by atoms with E-state index in [0.29, 0.717) is 31.7 Å². The topological polar surface area (TPSA) is 64.6 Å². The lowest BCUT2D eigenvalue weighted by Crippen LogP contribution is -2.37. The van der Waals surface area contributed by atoms with Gasteiger partial charge >= 0.3 is 12.1 Å². The lowest BCUT2D eigenvalue weighted by atomic mass is 9.97. The molecule has 0 bridgehead atoms. The summed E-state index contributed by atoms with van der Waals surface area (Å²) in [7, 11) is 1.40. The lowest BCUT2D eigenvalue weighted by Gasteiger charge is -2.29. The van der Waals surface area contributed by atoms with E-state index in [1.54, 1.807) is 6.07 Å². The van der Waals surface area contributed by atoms with Gasteiger partial charge in [0.1, 0.15) is 5.75 Å². The highest BCUT2D eigenvalue weighted by Crippen LogP contribution is 2.36. The Morgan fingerprint density at radius 3 is 2.52 bits per heavy atom. The number of carbonyl (C=O) groups excluding carboxylic acids is 1. The van der Waals surface area contributed by atoms with Crippen LogP contribution in [0.25, 0.3) is 11.0 Å². The SMILES string of the molecule is CCN1CCC(C(=O)Oc2nc3ccc(OC)cc3nc2C(F)(F)F)CC1. The van der Waals surface area contributed by atoms with Gasteiger partial charge in [-0.2, -0.15) is 13.2 Å². The van der Waals surface area contributed by atoms with Crippen LogP contribution in [0.4, 0.5) is 13.2 Å². The molecule has 2 aromatic rings. The van der Waals surface area contributed by atoms with E-state index < -0.39 is 29.6 Å². The molecule has 1 fully saturated rings. The molecule has 146 valence electrons. The van der Waals surface area contributed by atoms with Crippen molar-refractivity contribution in [1.82, 2.24) is 14.9 Å². The molecular formula is C18H20F3N3O3. The summed E-state index contributed by atoms with van der Waals surface area (Å²) in [4.78, 5) is 22.1. The maximum Gasteiger partial charge on any atom is 0.438 e. The summed E-state index contributed by atoms with van der Waals surface area (Å²) in [6, 6.07) is 4.37. The fraction of sp³-hybridized carbons (Fsp3) is 0.500. The van der Waals surface area contributed by atoms with Crippen LogP contribution in [-0.4, -0.2) is 47.6 Å². The number of esters is 1. The maximum absolute atomic E-state index is 13.4. The average molecular weight is 383 g/mol. The number of hydrogen-bond acceptors (Lipinski definition) is 6. The van der Waals surface area contributed by atoms with Crippen molar-refractivity contribution in [1.29, 1.82) is 0 Å². The minimum absolute atomic E-state index is 0.0118. The van der Waals surface area contributed by atoms with E-state index in [0.717, 1.165) is 6.54 Å². The van der Waals surface area contributed by atoms with E-state index in [4.69, 9.17) is 9.47 Å². The third kappa shape index (κ3) is 4.29. The summed E-state index contributed by atoms with van der Waals surface area (Å²) in [5.41, 5.74) is -1.12. The molecule has 27 heavy (non-hydrogen) atoms. The molecule has 0 unspecified atom stereocenters. The lowest BCUT2D eigenvalue weighted by molar-refractivity contribution is -0.147. The van der Waals surface area contributed by atoms with Gasteiger partial charge in [-0.25, -0.2) is 9.97 Å². The number of methoxy groups -OCH3 is 1. The number of hydrogen-bond donors (Lipinski definition) is 0. The minimum Gasteiger partial charge on any atom is -0.497 e. The Morgan fingerprint density at radius 1 is 1.22 bits per heavy atom. The van der Waals surface area contributed by atoms with Crippen LogP contribution in [-0.2, 0) is 11.0 Å². The molecule has 0 saturated carbocycles. The molecule has 1 saturated heterocycles. The Balaban J connectivity index is 1.89. The zero-order valence-electron chi connectivity index (χ0n) is 15.0. The Hall–Kier alpha value is -2.42.